The van der Waals surface area contributed by atoms with Gasteiger partial charge in [0, 0.05) is 19.8 Å². The summed E-state index contributed by atoms with van der Waals surface area (Å²) in [6.45, 7) is -0.0436. The zero-order valence-electron chi connectivity index (χ0n) is 10.3. The fraction of sp³-hybridized carbons (Fsp3) is 0.636. The number of amides is 1. The molecule has 1 aromatic heterocycles. The Morgan fingerprint density at radius 1 is 1.58 bits per heavy atom. The molecule has 0 aliphatic heterocycles. The van der Waals surface area contributed by atoms with Crippen molar-refractivity contribution in [1.82, 2.24) is 15.1 Å². The lowest BCUT2D eigenvalue weighted by Gasteiger charge is -2.36. The fourth-order valence-electron chi connectivity index (χ4n) is 1.97. The first-order valence-electron chi connectivity index (χ1n) is 5.83. The second kappa shape index (κ2) is 4.52. The molecule has 1 aliphatic rings. The van der Waals surface area contributed by atoms with Crippen molar-refractivity contribution in [2.24, 2.45) is 7.05 Å². The Bertz CT molecular complexity index is 492. The van der Waals surface area contributed by atoms with Gasteiger partial charge in [-0.1, -0.05) is 0 Å². The van der Waals surface area contributed by atoms with E-state index in [4.69, 9.17) is 0 Å². The maximum absolute atomic E-state index is 12.7. The van der Waals surface area contributed by atoms with Crippen LogP contribution in [0.3, 0.4) is 0 Å². The van der Waals surface area contributed by atoms with Crippen molar-refractivity contribution in [1.29, 1.82) is 0 Å². The van der Waals surface area contributed by atoms with Crippen molar-refractivity contribution in [3.05, 3.63) is 17.5 Å². The Kier molecular flexibility index (Phi) is 3.29. The lowest BCUT2D eigenvalue weighted by molar-refractivity contribution is -0.141. The number of hydrogen-bond donors (Lipinski definition) is 2. The van der Waals surface area contributed by atoms with E-state index in [1.54, 1.807) is 0 Å². The summed E-state index contributed by atoms with van der Waals surface area (Å²) in [5.74, 6) is -0.874. The van der Waals surface area contributed by atoms with E-state index in [1.165, 1.54) is 7.05 Å². The molecule has 0 spiro atoms. The van der Waals surface area contributed by atoms with Crippen LogP contribution in [0.5, 0.6) is 0 Å². The van der Waals surface area contributed by atoms with Crippen molar-refractivity contribution in [3.63, 3.8) is 0 Å². The maximum atomic E-state index is 12.7. The van der Waals surface area contributed by atoms with Gasteiger partial charge in [-0.3, -0.25) is 9.48 Å². The quantitative estimate of drug-likeness (QED) is 0.869. The van der Waals surface area contributed by atoms with E-state index in [-0.39, 0.29) is 6.54 Å². The Balaban J connectivity index is 2.10. The van der Waals surface area contributed by atoms with Crippen molar-refractivity contribution >= 4 is 5.91 Å². The van der Waals surface area contributed by atoms with Gasteiger partial charge in [-0.05, 0) is 19.3 Å². The molecule has 1 aliphatic carbocycles. The molecule has 2 rings (SSSR count). The Morgan fingerprint density at radius 2 is 2.21 bits per heavy atom. The average molecular weight is 277 g/mol. The molecular formula is C11H14F3N3O2. The van der Waals surface area contributed by atoms with Crippen LogP contribution >= 0.6 is 0 Å². The number of alkyl halides is 3. The summed E-state index contributed by atoms with van der Waals surface area (Å²) in [5.41, 5.74) is -2.72. The number of nitrogens with one attached hydrogen (secondary N) is 1. The van der Waals surface area contributed by atoms with Gasteiger partial charge in [0.1, 0.15) is 0 Å². The summed E-state index contributed by atoms with van der Waals surface area (Å²) in [5, 5.41) is 15.4. The lowest BCUT2D eigenvalue weighted by Crippen LogP contribution is -2.47. The van der Waals surface area contributed by atoms with E-state index in [2.05, 4.69) is 10.4 Å². The first-order valence-corrected chi connectivity index (χ1v) is 5.83. The minimum atomic E-state index is -4.68. The highest BCUT2D eigenvalue weighted by Crippen LogP contribution is 2.32. The number of carbonyl (C=O) groups is 1. The predicted octanol–water partition coefficient (Wildman–Crippen LogP) is 1.08. The van der Waals surface area contributed by atoms with Crippen molar-refractivity contribution < 1.29 is 23.1 Å². The van der Waals surface area contributed by atoms with Crippen LogP contribution in [0.2, 0.25) is 0 Å². The number of nitrogens with zero attached hydrogens (tertiary/aromatic N) is 2. The van der Waals surface area contributed by atoms with E-state index >= 15 is 0 Å². The minimum absolute atomic E-state index is 0.0436. The third-order valence-electron chi connectivity index (χ3n) is 3.20. The van der Waals surface area contributed by atoms with Gasteiger partial charge in [-0.15, -0.1) is 0 Å². The smallest absolute Gasteiger partial charge is 0.388 e. The van der Waals surface area contributed by atoms with Crippen LogP contribution < -0.4 is 5.32 Å². The van der Waals surface area contributed by atoms with Gasteiger partial charge in [0.25, 0.3) is 5.91 Å². The molecule has 0 atom stereocenters. The number of hydrogen-bond acceptors (Lipinski definition) is 3. The molecule has 2 N–H and O–H groups in total. The van der Waals surface area contributed by atoms with Gasteiger partial charge >= 0.3 is 6.18 Å². The normalized spacial score (nSPS) is 17.9. The van der Waals surface area contributed by atoms with Crippen LogP contribution in [0.15, 0.2) is 6.20 Å². The monoisotopic (exact) mass is 277 g/mol. The Morgan fingerprint density at radius 3 is 2.68 bits per heavy atom. The Labute approximate surface area is 107 Å². The summed E-state index contributed by atoms with van der Waals surface area (Å²) < 4.78 is 38.9. The average Bonchev–Trinajstić information content (AvgIpc) is 2.65. The lowest BCUT2D eigenvalue weighted by atomic mass is 9.80. The van der Waals surface area contributed by atoms with Gasteiger partial charge in [-0.2, -0.15) is 18.3 Å². The molecule has 1 heterocycles. The highest BCUT2D eigenvalue weighted by Gasteiger charge is 2.40. The standard InChI is InChI=1S/C11H14F3N3O2/c1-17-5-7(8(16-17)11(12,13)14)9(18)15-6-10(19)3-2-4-10/h5,19H,2-4,6H2,1H3,(H,15,18). The third kappa shape index (κ3) is 2.89. The summed E-state index contributed by atoms with van der Waals surface area (Å²) in [7, 11) is 1.31. The van der Waals surface area contributed by atoms with Crippen LogP contribution in [0, 0.1) is 0 Å². The molecule has 1 amide bonds. The topological polar surface area (TPSA) is 67.2 Å². The number of carbonyl (C=O) groups excluding carboxylic acids is 1. The molecule has 0 aromatic carbocycles. The van der Waals surface area contributed by atoms with Gasteiger partial charge < -0.3 is 10.4 Å². The van der Waals surface area contributed by atoms with Gasteiger partial charge in [-0.25, -0.2) is 0 Å². The van der Waals surface area contributed by atoms with Crippen molar-refractivity contribution in [2.75, 3.05) is 6.54 Å². The van der Waals surface area contributed by atoms with Gasteiger partial charge in [0.15, 0.2) is 5.69 Å². The van der Waals surface area contributed by atoms with Crippen LogP contribution in [0.25, 0.3) is 0 Å². The molecule has 0 radical (unpaired) electrons. The van der Waals surface area contributed by atoms with Crippen LogP contribution in [-0.2, 0) is 13.2 Å². The van der Waals surface area contributed by atoms with E-state index in [1.807, 2.05) is 0 Å². The number of halogens is 3. The summed E-state index contributed by atoms with van der Waals surface area (Å²) >= 11 is 0. The van der Waals surface area contributed by atoms with E-state index in [0.717, 1.165) is 17.3 Å². The molecule has 1 aromatic rings. The van der Waals surface area contributed by atoms with Gasteiger partial charge in [0.05, 0.1) is 11.2 Å². The van der Waals surface area contributed by atoms with E-state index in [9.17, 15) is 23.1 Å². The number of aryl methyl sites for hydroxylation is 1. The number of rotatable bonds is 3. The third-order valence-corrected chi connectivity index (χ3v) is 3.20. The Hall–Kier alpha value is -1.57. The summed E-state index contributed by atoms with van der Waals surface area (Å²) in [4.78, 5) is 11.7. The van der Waals surface area contributed by atoms with Crippen molar-refractivity contribution in [3.8, 4) is 0 Å². The second-order valence-corrected chi connectivity index (χ2v) is 4.82. The SMILES string of the molecule is Cn1cc(C(=O)NCC2(O)CCC2)c(C(F)(F)F)n1. The molecule has 1 saturated carbocycles. The van der Waals surface area contributed by atoms with Crippen LogP contribution in [-0.4, -0.2) is 32.9 Å². The number of aliphatic hydroxyl groups is 1. The molecule has 0 unspecified atom stereocenters. The number of aromatic nitrogens is 2. The molecule has 0 saturated heterocycles. The van der Waals surface area contributed by atoms with E-state index < -0.39 is 28.9 Å². The summed E-state index contributed by atoms with van der Waals surface area (Å²) in [6, 6.07) is 0. The van der Waals surface area contributed by atoms with Crippen LogP contribution in [0.4, 0.5) is 13.2 Å². The molecule has 8 heteroatoms. The first kappa shape index (κ1) is 13.9. The molecule has 19 heavy (non-hydrogen) atoms. The second-order valence-electron chi connectivity index (χ2n) is 4.82. The summed E-state index contributed by atoms with van der Waals surface area (Å²) in [6.07, 6.45) is -1.71. The molecule has 0 bridgehead atoms. The van der Waals surface area contributed by atoms with Crippen molar-refractivity contribution in [2.45, 2.75) is 31.0 Å². The largest absolute Gasteiger partial charge is 0.435 e. The highest BCUT2D eigenvalue weighted by molar-refractivity contribution is 5.95. The zero-order valence-corrected chi connectivity index (χ0v) is 10.3. The van der Waals surface area contributed by atoms with Crippen LogP contribution in [0.1, 0.15) is 35.3 Å². The zero-order chi connectivity index (χ0) is 14.3. The van der Waals surface area contributed by atoms with Gasteiger partial charge in [0.2, 0.25) is 0 Å². The minimum Gasteiger partial charge on any atom is -0.388 e. The predicted molar refractivity (Wildman–Crippen MR) is 59.3 cm³/mol. The van der Waals surface area contributed by atoms with E-state index in [0.29, 0.717) is 12.8 Å². The first-order chi connectivity index (χ1) is 8.71. The molecule has 5 nitrogen and oxygen atoms in total. The maximum Gasteiger partial charge on any atom is 0.435 e. The molecular weight excluding hydrogens is 263 g/mol. The fourth-order valence-corrected chi connectivity index (χ4v) is 1.97. The highest BCUT2D eigenvalue weighted by atomic mass is 19.4. The molecule has 1 fully saturated rings. The molecule has 106 valence electrons.